The summed E-state index contributed by atoms with van der Waals surface area (Å²) in [4.78, 5) is 8.67. The largest absolute Gasteiger partial charge is 0.496 e. The third-order valence-corrected chi connectivity index (χ3v) is 2.80. The van der Waals surface area contributed by atoms with Crippen molar-refractivity contribution in [1.82, 2.24) is 9.97 Å². The van der Waals surface area contributed by atoms with E-state index in [9.17, 15) is 0 Å². The Balaban J connectivity index is 2.41. The van der Waals surface area contributed by atoms with E-state index in [4.69, 9.17) is 10.00 Å². The summed E-state index contributed by atoms with van der Waals surface area (Å²) >= 11 is 0. The number of hydrogen-bond acceptors (Lipinski definition) is 4. The molecule has 0 unspecified atom stereocenters. The van der Waals surface area contributed by atoms with Gasteiger partial charge in [0.15, 0.2) is 0 Å². The summed E-state index contributed by atoms with van der Waals surface area (Å²) in [6.07, 6.45) is 2.71. The van der Waals surface area contributed by atoms with Crippen LogP contribution < -0.4 is 4.74 Å². The fraction of sp³-hybridized carbons (Fsp3) is 0.267. The molecule has 0 saturated carbocycles. The molecule has 0 aliphatic carbocycles. The van der Waals surface area contributed by atoms with Gasteiger partial charge in [-0.05, 0) is 25.1 Å². The molecule has 4 nitrogen and oxygen atoms in total. The quantitative estimate of drug-likeness (QED) is 0.840. The van der Waals surface area contributed by atoms with Gasteiger partial charge in [0.25, 0.3) is 0 Å². The van der Waals surface area contributed by atoms with Crippen molar-refractivity contribution in [2.24, 2.45) is 0 Å². The van der Waals surface area contributed by atoms with E-state index in [0.29, 0.717) is 18.7 Å². The van der Waals surface area contributed by atoms with Crippen molar-refractivity contribution in [3.05, 3.63) is 41.9 Å². The average Bonchev–Trinajstić information content (AvgIpc) is 2.45. The maximum absolute atomic E-state index is 8.61. The Bertz CT molecular complexity index is 617. The van der Waals surface area contributed by atoms with Crippen LogP contribution in [0.2, 0.25) is 0 Å². The Labute approximate surface area is 112 Å². The molecule has 4 heteroatoms. The standard InChI is InChI=1S/C15H15N3O/c1-11-5-6-14(19-2)12(10-11)13-7-9-17-15(18-13)4-3-8-16/h5-7,9-10H,3-4H2,1-2H3. The highest BCUT2D eigenvalue weighted by molar-refractivity contribution is 5.67. The Morgan fingerprint density at radius 3 is 2.89 bits per heavy atom. The number of methoxy groups -OCH3 is 1. The number of nitriles is 1. The van der Waals surface area contributed by atoms with Gasteiger partial charge in [0.1, 0.15) is 11.6 Å². The van der Waals surface area contributed by atoms with E-state index in [2.05, 4.69) is 16.0 Å². The van der Waals surface area contributed by atoms with Gasteiger partial charge in [0.2, 0.25) is 0 Å². The number of hydrogen-bond donors (Lipinski definition) is 0. The predicted octanol–water partition coefficient (Wildman–Crippen LogP) is 2.92. The van der Waals surface area contributed by atoms with E-state index >= 15 is 0 Å². The van der Waals surface area contributed by atoms with Crippen molar-refractivity contribution in [3.8, 4) is 23.1 Å². The molecular weight excluding hydrogens is 238 g/mol. The number of aromatic nitrogens is 2. The predicted molar refractivity (Wildman–Crippen MR) is 72.7 cm³/mol. The lowest BCUT2D eigenvalue weighted by Gasteiger charge is -2.09. The van der Waals surface area contributed by atoms with Crippen LogP contribution in [0.3, 0.4) is 0 Å². The summed E-state index contributed by atoms with van der Waals surface area (Å²) in [5.74, 6) is 1.47. The van der Waals surface area contributed by atoms with Gasteiger partial charge in [-0.3, -0.25) is 0 Å². The maximum atomic E-state index is 8.61. The number of ether oxygens (including phenoxy) is 1. The van der Waals surface area contributed by atoms with Crippen molar-refractivity contribution < 1.29 is 4.74 Å². The van der Waals surface area contributed by atoms with Crippen molar-refractivity contribution in [3.63, 3.8) is 0 Å². The molecule has 0 aliphatic rings. The van der Waals surface area contributed by atoms with Crippen LogP contribution in [-0.2, 0) is 6.42 Å². The molecule has 0 bridgehead atoms. The highest BCUT2D eigenvalue weighted by Gasteiger charge is 2.08. The molecule has 0 spiro atoms. The van der Waals surface area contributed by atoms with E-state index in [1.54, 1.807) is 13.3 Å². The second-order valence-corrected chi connectivity index (χ2v) is 4.22. The van der Waals surface area contributed by atoms with Gasteiger partial charge in [0.05, 0.1) is 18.9 Å². The zero-order valence-corrected chi connectivity index (χ0v) is 11.1. The zero-order valence-electron chi connectivity index (χ0n) is 11.1. The first-order valence-electron chi connectivity index (χ1n) is 6.08. The van der Waals surface area contributed by atoms with Gasteiger partial charge in [-0.25, -0.2) is 9.97 Å². The number of benzene rings is 1. The highest BCUT2D eigenvalue weighted by atomic mass is 16.5. The lowest BCUT2D eigenvalue weighted by atomic mass is 10.1. The molecule has 1 heterocycles. The van der Waals surface area contributed by atoms with Crippen LogP contribution in [0.4, 0.5) is 0 Å². The molecule has 0 atom stereocenters. The first kappa shape index (κ1) is 13.0. The molecule has 19 heavy (non-hydrogen) atoms. The van der Waals surface area contributed by atoms with Gasteiger partial charge in [0, 0.05) is 24.6 Å². The lowest BCUT2D eigenvalue weighted by molar-refractivity contribution is 0.416. The Kier molecular flexibility index (Phi) is 4.09. The first-order valence-corrected chi connectivity index (χ1v) is 6.08. The van der Waals surface area contributed by atoms with Crippen molar-refractivity contribution in [2.45, 2.75) is 19.8 Å². The van der Waals surface area contributed by atoms with Crippen LogP contribution in [0.1, 0.15) is 17.8 Å². The van der Waals surface area contributed by atoms with Crippen LogP contribution >= 0.6 is 0 Å². The molecule has 2 rings (SSSR count). The molecule has 1 aromatic heterocycles. The maximum Gasteiger partial charge on any atom is 0.129 e. The van der Waals surface area contributed by atoms with Gasteiger partial charge < -0.3 is 4.74 Å². The molecule has 0 aliphatic heterocycles. The second kappa shape index (κ2) is 5.96. The topological polar surface area (TPSA) is 58.8 Å². The smallest absolute Gasteiger partial charge is 0.129 e. The van der Waals surface area contributed by atoms with E-state index in [1.807, 2.05) is 31.2 Å². The third-order valence-electron chi connectivity index (χ3n) is 2.80. The summed E-state index contributed by atoms with van der Waals surface area (Å²) in [6, 6.07) is 9.93. The second-order valence-electron chi connectivity index (χ2n) is 4.22. The minimum absolute atomic E-state index is 0.425. The minimum Gasteiger partial charge on any atom is -0.496 e. The first-order chi connectivity index (χ1) is 9.24. The summed E-state index contributed by atoms with van der Waals surface area (Å²) in [7, 11) is 1.64. The van der Waals surface area contributed by atoms with Crippen LogP contribution in [0.15, 0.2) is 30.5 Å². The normalized spacial score (nSPS) is 9.95. The third kappa shape index (κ3) is 3.08. The number of aryl methyl sites for hydroxylation is 2. The number of nitrogens with zero attached hydrogens (tertiary/aromatic N) is 3. The Hall–Kier alpha value is -2.41. The van der Waals surface area contributed by atoms with E-state index in [1.165, 1.54) is 0 Å². The highest BCUT2D eigenvalue weighted by Crippen LogP contribution is 2.29. The average molecular weight is 253 g/mol. The SMILES string of the molecule is COc1ccc(C)cc1-c1ccnc(CCC#N)n1. The fourth-order valence-electron chi connectivity index (χ4n) is 1.86. The molecule has 1 aromatic carbocycles. The van der Waals surface area contributed by atoms with Gasteiger partial charge >= 0.3 is 0 Å². The minimum atomic E-state index is 0.425. The van der Waals surface area contributed by atoms with Gasteiger partial charge in [-0.15, -0.1) is 0 Å². The lowest BCUT2D eigenvalue weighted by Crippen LogP contribution is -1.97. The van der Waals surface area contributed by atoms with Crippen molar-refractivity contribution >= 4 is 0 Å². The zero-order chi connectivity index (χ0) is 13.7. The fourth-order valence-corrected chi connectivity index (χ4v) is 1.86. The molecule has 0 N–H and O–H groups in total. The Morgan fingerprint density at radius 1 is 1.32 bits per heavy atom. The summed E-state index contributed by atoms with van der Waals surface area (Å²) in [6.45, 7) is 2.03. The van der Waals surface area contributed by atoms with Crippen LogP contribution in [0, 0.1) is 18.3 Å². The summed E-state index contributed by atoms with van der Waals surface area (Å²) < 4.78 is 5.36. The van der Waals surface area contributed by atoms with Gasteiger partial charge in [-0.2, -0.15) is 5.26 Å². The molecule has 0 radical (unpaired) electrons. The molecule has 0 amide bonds. The Morgan fingerprint density at radius 2 is 2.16 bits per heavy atom. The summed E-state index contributed by atoms with van der Waals surface area (Å²) in [5.41, 5.74) is 2.92. The molecular formula is C15H15N3O. The van der Waals surface area contributed by atoms with E-state index in [0.717, 1.165) is 22.6 Å². The van der Waals surface area contributed by atoms with E-state index < -0.39 is 0 Å². The molecule has 0 saturated heterocycles. The summed E-state index contributed by atoms with van der Waals surface area (Å²) in [5, 5.41) is 8.61. The molecule has 0 fully saturated rings. The van der Waals surface area contributed by atoms with Crippen LogP contribution in [-0.4, -0.2) is 17.1 Å². The van der Waals surface area contributed by atoms with Crippen molar-refractivity contribution in [1.29, 1.82) is 5.26 Å². The molecule has 2 aromatic rings. The van der Waals surface area contributed by atoms with Crippen molar-refractivity contribution in [2.75, 3.05) is 7.11 Å². The monoisotopic (exact) mass is 253 g/mol. The number of rotatable bonds is 4. The van der Waals surface area contributed by atoms with Gasteiger partial charge in [-0.1, -0.05) is 11.6 Å². The van der Waals surface area contributed by atoms with Crippen LogP contribution in [0.25, 0.3) is 11.3 Å². The van der Waals surface area contributed by atoms with Crippen LogP contribution in [0.5, 0.6) is 5.75 Å². The molecule has 96 valence electrons. The van der Waals surface area contributed by atoms with E-state index in [-0.39, 0.29) is 0 Å².